The maximum atomic E-state index is 5.91. The average Bonchev–Trinajstić information content (AvgIpc) is 2.93. The zero-order chi connectivity index (χ0) is 26.1. The van der Waals surface area contributed by atoms with Crippen molar-refractivity contribution in [3.05, 3.63) is 111 Å². The SMILES string of the molecule is C=COCCOc1cccc([S+](c2cccc(OCCOC=C)c2)c2cccc(OCCOC=C)c2)c1. The molecule has 0 spiro atoms. The van der Waals surface area contributed by atoms with E-state index in [2.05, 4.69) is 56.1 Å². The standard InChI is InChI=1S/C30H33O6S/c1-4-31-16-19-34-25-10-7-13-28(22-25)37(29-14-8-11-26(23-29)35-20-17-32-5-2)30-15-9-12-27(24-30)36-21-18-33-6-3/h4-15,22-24H,1-3,16-21H2/q+1. The number of rotatable bonds is 18. The van der Waals surface area contributed by atoms with Gasteiger partial charge in [0.15, 0.2) is 14.7 Å². The summed E-state index contributed by atoms with van der Waals surface area (Å²) in [7, 11) is -0.455. The minimum absolute atomic E-state index is 0.426. The van der Waals surface area contributed by atoms with Gasteiger partial charge in [0.1, 0.15) is 56.9 Å². The average molecular weight is 522 g/mol. The molecule has 0 fully saturated rings. The van der Waals surface area contributed by atoms with Crippen LogP contribution in [0.2, 0.25) is 0 Å². The maximum absolute atomic E-state index is 5.91. The summed E-state index contributed by atoms with van der Waals surface area (Å²) < 4.78 is 33.3. The summed E-state index contributed by atoms with van der Waals surface area (Å²) in [4.78, 5) is 3.30. The lowest BCUT2D eigenvalue weighted by Crippen LogP contribution is -2.09. The molecule has 0 aliphatic rings. The van der Waals surface area contributed by atoms with E-state index in [9.17, 15) is 0 Å². The molecule has 6 nitrogen and oxygen atoms in total. The van der Waals surface area contributed by atoms with Crippen molar-refractivity contribution in [2.24, 2.45) is 0 Å². The van der Waals surface area contributed by atoms with Gasteiger partial charge in [-0.2, -0.15) is 0 Å². The highest BCUT2D eigenvalue weighted by Crippen LogP contribution is 2.35. The fourth-order valence-electron chi connectivity index (χ4n) is 3.35. The summed E-state index contributed by atoms with van der Waals surface area (Å²) >= 11 is 0. The Morgan fingerprint density at radius 3 is 1.11 bits per heavy atom. The zero-order valence-corrected chi connectivity index (χ0v) is 21.7. The van der Waals surface area contributed by atoms with Crippen molar-refractivity contribution in [2.75, 3.05) is 39.6 Å². The molecule has 0 bridgehead atoms. The third-order valence-electron chi connectivity index (χ3n) is 4.89. The smallest absolute Gasteiger partial charge is 0.170 e. The van der Waals surface area contributed by atoms with E-state index < -0.39 is 10.9 Å². The largest absolute Gasteiger partial charge is 0.498 e. The van der Waals surface area contributed by atoms with Crippen LogP contribution in [0.1, 0.15) is 0 Å². The first-order valence-corrected chi connectivity index (χ1v) is 13.1. The van der Waals surface area contributed by atoms with E-state index in [1.54, 1.807) is 0 Å². The van der Waals surface area contributed by atoms with Gasteiger partial charge in [-0.25, -0.2) is 0 Å². The number of hydrogen-bond acceptors (Lipinski definition) is 6. The Balaban J connectivity index is 1.91. The molecule has 0 aliphatic carbocycles. The molecule has 3 aromatic carbocycles. The third-order valence-corrected chi connectivity index (χ3v) is 7.06. The van der Waals surface area contributed by atoms with Crippen LogP contribution in [-0.2, 0) is 25.1 Å². The summed E-state index contributed by atoms with van der Waals surface area (Å²) in [5.41, 5.74) is 0. The molecular weight excluding hydrogens is 488 g/mol. The van der Waals surface area contributed by atoms with Crippen LogP contribution >= 0.6 is 0 Å². The Morgan fingerprint density at radius 1 is 0.486 bits per heavy atom. The fraction of sp³-hybridized carbons (Fsp3) is 0.200. The normalized spacial score (nSPS) is 10.3. The van der Waals surface area contributed by atoms with E-state index in [-0.39, 0.29) is 0 Å². The lowest BCUT2D eigenvalue weighted by atomic mass is 10.3. The number of ether oxygens (including phenoxy) is 6. The molecule has 3 aromatic rings. The molecule has 0 saturated heterocycles. The first kappa shape index (κ1) is 27.6. The zero-order valence-electron chi connectivity index (χ0n) is 20.9. The van der Waals surface area contributed by atoms with Gasteiger partial charge in [-0.15, -0.1) is 0 Å². The highest BCUT2D eigenvalue weighted by molar-refractivity contribution is 7.97. The second-order valence-corrected chi connectivity index (χ2v) is 9.42. The van der Waals surface area contributed by atoms with Crippen LogP contribution in [0.4, 0.5) is 0 Å². The molecule has 0 radical (unpaired) electrons. The van der Waals surface area contributed by atoms with Crippen molar-refractivity contribution in [2.45, 2.75) is 14.7 Å². The van der Waals surface area contributed by atoms with Gasteiger partial charge < -0.3 is 28.4 Å². The minimum Gasteiger partial charge on any atom is -0.498 e. The molecule has 0 amide bonds. The van der Waals surface area contributed by atoms with Crippen molar-refractivity contribution in [3.8, 4) is 17.2 Å². The Labute approximate surface area is 222 Å². The highest BCUT2D eigenvalue weighted by Gasteiger charge is 2.30. The first-order valence-electron chi connectivity index (χ1n) is 11.9. The molecule has 0 aromatic heterocycles. The van der Waals surface area contributed by atoms with Crippen molar-refractivity contribution in [1.82, 2.24) is 0 Å². The van der Waals surface area contributed by atoms with Gasteiger partial charge in [-0.05, 0) is 36.4 Å². The van der Waals surface area contributed by atoms with Crippen molar-refractivity contribution >= 4 is 10.9 Å². The molecule has 0 unspecified atom stereocenters. The van der Waals surface area contributed by atoms with E-state index in [0.29, 0.717) is 39.6 Å². The third kappa shape index (κ3) is 9.20. The molecular formula is C30H33O6S+. The molecule has 3 rings (SSSR count). The fourth-order valence-corrected chi connectivity index (χ4v) is 5.52. The summed E-state index contributed by atoms with van der Waals surface area (Å²) in [5, 5.41) is 0. The van der Waals surface area contributed by atoms with Crippen LogP contribution in [0.5, 0.6) is 17.2 Å². The van der Waals surface area contributed by atoms with Crippen molar-refractivity contribution < 1.29 is 28.4 Å². The van der Waals surface area contributed by atoms with Gasteiger partial charge in [-0.1, -0.05) is 37.9 Å². The number of hydrogen-bond donors (Lipinski definition) is 0. The summed E-state index contributed by atoms with van der Waals surface area (Å²) in [5.74, 6) is 2.31. The van der Waals surface area contributed by atoms with Gasteiger partial charge >= 0.3 is 0 Å². The monoisotopic (exact) mass is 521 g/mol. The summed E-state index contributed by atoms with van der Waals surface area (Å²) in [6, 6.07) is 24.3. The van der Waals surface area contributed by atoms with E-state index in [4.69, 9.17) is 28.4 Å². The van der Waals surface area contributed by atoms with Crippen LogP contribution in [0.25, 0.3) is 0 Å². The lowest BCUT2D eigenvalue weighted by Gasteiger charge is -2.13. The predicted molar refractivity (Wildman–Crippen MR) is 146 cm³/mol. The molecule has 7 heteroatoms. The Kier molecular flexibility index (Phi) is 11.9. The molecule has 0 N–H and O–H groups in total. The van der Waals surface area contributed by atoms with Crippen molar-refractivity contribution in [3.63, 3.8) is 0 Å². The van der Waals surface area contributed by atoms with Gasteiger partial charge in [0, 0.05) is 18.2 Å². The van der Waals surface area contributed by atoms with E-state index in [0.717, 1.165) is 31.9 Å². The molecule has 194 valence electrons. The second-order valence-electron chi connectivity index (χ2n) is 7.39. The highest BCUT2D eigenvalue weighted by atomic mass is 32.2. The van der Waals surface area contributed by atoms with Gasteiger partial charge in [0.05, 0.1) is 29.7 Å². The quantitative estimate of drug-likeness (QED) is 0.110. The van der Waals surface area contributed by atoms with E-state index >= 15 is 0 Å². The van der Waals surface area contributed by atoms with Crippen LogP contribution in [0.15, 0.2) is 126 Å². The molecule has 0 saturated carbocycles. The topological polar surface area (TPSA) is 55.4 Å². The maximum Gasteiger partial charge on any atom is 0.170 e. The van der Waals surface area contributed by atoms with Crippen LogP contribution in [0.3, 0.4) is 0 Å². The second kappa shape index (κ2) is 15.9. The minimum atomic E-state index is -0.455. The van der Waals surface area contributed by atoms with Gasteiger partial charge in [0.2, 0.25) is 0 Å². The molecule has 0 aliphatic heterocycles. The van der Waals surface area contributed by atoms with Crippen LogP contribution in [0, 0.1) is 0 Å². The van der Waals surface area contributed by atoms with Gasteiger partial charge in [-0.3, -0.25) is 0 Å². The van der Waals surface area contributed by atoms with Crippen LogP contribution in [-0.4, -0.2) is 39.6 Å². The summed E-state index contributed by atoms with van der Waals surface area (Å²) in [6.45, 7) is 13.3. The van der Waals surface area contributed by atoms with Crippen LogP contribution < -0.4 is 14.2 Å². The molecule has 37 heavy (non-hydrogen) atoms. The molecule has 0 atom stereocenters. The lowest BCUT2D eigenvalue weighted by molar-refractivity contribution is 0.179. The molecule has 0 heterocycles. The first-order chi connectivity index (χ1) is 18.2. The van der Waals surface area contributed by atoms with E-state index in [1.807, 2.05) is 36.4 Å². The number of benzene rings is 3. The van der Waals surface area contributed by atoms with E-state index in [1.165, 1.54) is 18.8 Å². The van der Waals surface area contributed by atoms with Crippen molar-refractivity contribution in [1.29, 1.82) is 0 Å². The Morgan fingerprint density at radius 2 is 0.811 bits per heavy atom. The predicted octanol–water partition coefficient (Wildman–Crippen LogP) is 6.40. The summed E-state index contributed by atoms with van der Waals surface area (Å²) in [6.07, 6.45) is 4.23. The Bertz CT molecular complexity index is 991. The van der Waals surface area contributed by atoms with Gasteiger partial charge in [0.25, 0.3) is 0 Å². The Hall–Kier alpha value is -3.97.